The van der Waals surface area contributed by atoms with E-state index in [1.807, 2.05) is 0 Å². The van der Waals surface area contributed by atoms with Gasteiger partial charge in [0.05, 0.1) is 0 Å². The van der Waals surface area contributed by atoms with Crippen molar-refractivity contribution in [1.82, 2.24) is 0 Å². The van der Waals surface area contributed by atoms with Crippen LogP contribution in [0.5, 0.6) is 0 Å². The first-order valence-electron chi connectivity index (χ1n) is 9.34. The van der Waals surface area contributed by atoms with Gasteiger partial charge in [0.2, 0.25) is 0 Å². The highest BCUT2D eigenvalue weighted by atomic mass is 35.5. The largest absolute Gasteiger partial charge is 0.123 e. The summed E-state index contributed by atoms with van der Waals surface area (Å²) in [5.74, 6) is 0. The number of alkyl halides is 1. The first-order chi connectivity index (χ1) is 11.3. The second kappa shape index (κ2) is 19.3. The highest BCUT2D eigenvalue weighted by Crippen LogP contribution is 2.08. The molecule has 1 heteroatoms. The summed E-state index contributed by atoms with van der Waals surface area (Å²) in [5, 5.41) is 0.0755. The van der Waals surface area contributed by atoms with Crippen LogP contribution in [0.15, 0.2) is 48.6 Å². The van der Waals surface area contributed by atoms with Crippen molar-refractivity contribution in [3.05, 3.63) is 55.5 Å². The molecule has 1 radical (unpaired) electrons. The van der Waals surface area contributed by atoms with Gasteiger partial charge in [-0.3, -0.25) is 0 Å². The van der Waals surface area contributed by atoms with Crippen LogP contribution in [0.3, 0.4) is 0 Å². The molecule has 0 aliphatic carbocycles. The van der Waals surface area contributed by atoms with Crippen molar-refractivity contribution < 1.29 is 0 Å². The quantitative estimate of drug-likeness (QED) is 0.162. The number of rotatable bonds is 15. The first-order valence-corrected chi connectivity index (χ1v) is 9.78. The maximum atomic E-state index is 5.81. The minimum atomic E-state index is 0.0755. The van der Waals surface area contributed by atoms with Gasteiger partial charge in [0.1, 0.15) is 0 Å². The molecule has 0 N–H and O–H groups in total. The average Bonchev–Trinajstić information content (AvgIpc) is 2.53. The maximum Gasteiger partial charge on any atom is 0.0336 e. The van der Waals surface area contributed by atoms with E-state index in [0.717, 1.165) is 32.1 Å². The predicted molar refractivity (Wildman–Crippen MR) is 108 cm³/mol. The molecule has 23 heavy (non-hydrogen) atoms. The summed E-state index contributed by atoms with van der Waals surface area (Å²) in [6.45, 7) is 6.03. The third kappa shape index (κ3) is 21.2. The number of hydrogen-bond donors (Lipinski definition) is 0. The summed E-state index contributed by atoms with van der Waals surface area (Å²) in [6.07, 6.45) is 31.0. The molecule has 0 saturated carbocycles. The molecule has 0 rings (SSSR count). The van der Waals surface area contributed by atoms with Crippen LogP contribution in [-0.2, 0) is 0 Å². The van der Waals surface area contributed by atoms with Gasteiger partial charge in [0.25, 0.3) is 0 Å². The number of hydrogen-bond acceptors (Lipinski definition) is 0. The van der Waals surface area contributed by atoms with Gasteiger partial charge >= 0.3 is 0 Å². The SMILES string of the molecule is [CH2]C(Cl)CCCC/C=C\C/C=C\C/C=C\C/C=C\CCCCC. The Labute approximate surface area is 150 Å². The van der Waals surface area contributed by atoms with Crippen LogP contribution in [-0.4, -0.2) is 5.38 Å². The van der Waals surface area contributed by atoms with Crippen molar-refractivity contribution in [2.24, 2.45) is 0 Å². The molecule has 0 nitrogen and oxygen atoms in total. The Morgan fingerprint density at radius 2 is 1.13 bits per heavy atom. The van der Waals surface area contributed by atoms with Crippen LogP contribution in [0.1, 0.15) is 77.6 Å². The Morgan fingerprint density at radius 3 is 1.57 bits per heavy atom. The molecule has 0 bridgehead atoms. The number of halogens is 1. The Balaban J connectivity index is 3.37. The predicted octanol–water partition coefficient (Wildman–Crippen LogP) is 7.96. The maximum absolute atomic E-state index is 5.81. The molecule has 131 valence electrons. The molecule has 0 heterocycles. The monoisotopic (exact) mass is 335 g/mol. The van der Waals surface area contributed by atoms with Gasteiger partial charge in [0.15, 0.2) is 0 Å². The summed E-state index contributed by atoms with van der Waals surface area (Å²) >= 11 is 5.81. The summed E-state index contributed by atoms with van der Waals surface area (Å²) in [7, 11) is 0. The zero-order valence-electron chi connectivity index (χ0n) is 15.1. The van der Waals surface area contributed by atoms with Gasteiger partial charge in [-0.15, -0.1) is 11.6 Å². The minimum absolute atomic E-state index is 0.0755. The van der Waals surface area contributed by atoms with Crippen molar-refractivity contribution in [2.75, 3.05) is 0 Å². The van der Waals surface area contributed by atoms with E-state index >= 15 is 0 Å². The topological polar surface area (TPSA) is 0 Å². The van der Waals surface area contributed by atoms with Crippen LogP contribution < -0.4 is 0 Å². The van der Waals surface area contributed by atoms with Gasteiger partial charge in [-0.2, -0.15) is 0 Å². The molecule has 1 atom stereocenters. The highest BCUT2D eigenvalue weighted by Gasteiger charge is 1.94. The van der Waals surface area contributed by atoms with Crippen LogP contribution in [0.2, 0.25) is 0 Å². The normalized spacial score (nSPS) is 14.0. The third-order valence-corrected chi connectivity index (χ3v) is 3.81. The molecular formula is C22H36Cl. The lowest BCUT2D eigenvalue weighted by molar-refractivity contribution is 0.698. The van der Waals surface area contributed by atoms with E-state index < -0.39 is 0 Å². The van der Waals surface area contributed by atoms with Gasteiger partial charge in [-0.1, -0.05) is 74.8 Å². The fraction of sp³-hybridized carbons (Fsp3) is 0.591. The summed E-state index contributed by atoms with van der Waals surface area (Å²) in [5.41, 5.74) is 0. The molecule has 0 spiro atoms. The first kappa shape index (κ1) is 22.2. The zero-order valence-corrected chi connectivity index (χ0v) is 15.8. The zero-order chi connectivity index (χ0) is 17.0. The van der Waals surface area contributed by atoms with Gasteiger partial charge < -0.3 is 0 Å². The number of allylic oxidation sites excluding steroid dienone is 8. The van der Waals surface area contributed by atoms with E-state index in [4.69, 9.17) is 11.6 Å². The smallest absolute Gasteiger partial charge is 0.0336 e. The van der Waals surface area contributed by atoms with E-state index in [1.165, 1.54) is 38.5 Å². The fourth-order valence-electron chi connectivity index (χ4n) is 2.19. The fourth-order valence-corrected chi connectivity index (χ4v) is 2.34. The molecule has 0 aromatic carbocycles. The van der Waals surface area contributed by atoms with Crippen molar-refractivity contribution >= 4 is 11.6 Å². The second-order valence-corrected chi connectivity index (χ2v) is 6.59. The summed E-state index contributed by atoms with van der Waals surface area (Å²) < 4.78 is 0. The molecule has 0 fully saturated rings. The molecular weight excluding hydrogens is 300 g/mol. The van der Waals surface area contributed by atoms with Crippen LogP contribution in [0.4, 0.5) is 0 Å². The van der Waals surface area contributed by atoms with Crippen molar-refractivity contribution in [2.45, 2.75) is 82.9 Å². The average molecular weight is 336 g/mol. The second-order valence-electron chi connectivity index (χ2n) is 5.97. The molecule has 0 saturated heterocycles. The lowest BCUT2D eigenvalue weighted by atomic mass is 10.1. The Kier molecular flexibility index (Phi) is 18.7. The Hall–Kier alpha value is -0.750. The van der Waals surface area contributed by atoms with Gasteiger partial charge in [-0.25, -0.2) is 0 Å². The summed E-state index contributed by atoms with van der Waals surface area (Å²) in [4.78, 5) is 0. The number of unbranched alkanes of at least 4 members (excludes halogenated alkanes) is 5. The molecule has 0 aromatic heterocycles. The van der Waals surface area contributed by atoms with Gasteiger partial charge in [0, 0.05) is 5.38 Å². The van der Waals surface area contributed by atoms with Crippen molar-refractivity contribution in [1.29, 1.82) is 0 Å². The van der Waals surface area contributed by atoms with E-state index in [0.29, 0.717) is 0 Å². The molecule has 0 amide bonds. The van der Waals surface area contributed by atoms with Crippen molar-refractivity contribution in [3.8, 4) is 0 Å². The molecule has 0 aliphatic rings. The van der Waals surface area contributed by atoms with Gasteiger partial charge in [-0.05, 0) is 58.3 Å². The molecule has 0 aromatic rings. The van der Waals surface area contributed by atoms with E-state index in [1.54, 1.807) is 0 Å². The van der Waals surface area contributed by atoms with E-state index in [9.17, 15) is 0 Å². The van der Waals surface area contributed by atoms with E-state index in [2.05, 4.69) is 62.5 Å². The van der Waals surface area contributed by atoms with Crippen LogP contribution >= 0.6 is 11.6 Å². The molecule has 0 aliphatic heterocycles. The van der Waals surface area contributed by atoms with Crippen molar-refractivity contribution in [3.63, 3.8) is 0 Å². The summed E-state index contributed by atoms with van der Waals surface area (Å²) in [6, 6.07) is 0. The van der Waals surface area contributed by atoms with E-state index in [-0.39, 0.29) is 5.38 Å². The van der Waals surface area contributed by atoms with Crippen LogP contribution in [0, 0.1) is 6.92 Å². The Bertz CT molecular complexity index is 334. The molecule has 1 unspecified atom stereocenters. The minimum Gasteiger partial charge on any atom is -0.123 e. The lowest BCUT2D eigenvalue weighted by Gasteiger charge is -1.99. The third-order valence-electron chi connectivity index (χ3n) is 3.60. The Morgan fingerprint density at radius 1 is 0.696 bits per heavy atom. The lowest BCUT2D eigenvalue weighted by Crippen LogP contribution is -1.89. The standard InChI is InChI=1S/C22H36Cl/c1-3-4-5-6-7-8-9-10-11-12-13-14-15-16-17-18-19-20-21-22(2)23/h7-8,10-11,13-14,16-17,22H,2-6,9,12,15,18-21H2,1H3/b8-7-,11-10-,14-13-,17-16-. The van der Waals surface area contributed by atoms with Crippen LogP contribution in [0.25, 0.3) is 0 Å². The highest BCUT2D eigenvalue weighted by molar-refractivity contribution is 6.21.